The van der Waals surface area contributed by atoms with Crippen LogP contribution in [-0.4, -0.2) is 12.0 Å². The van der Waals surface area contributed by atoms with Crippen molar-refractivity contribution in [3.05, 3.63) is 50.7 Å². The van der Waals surface area contributed by atoms with Crippen LogP contribution in [0.1, 0.15) is 32.7 Å². The summed E-state index contributed by atoms with van der Waals surface area (Å²) in [7, 11) is 1.89. The Bertz CT molecular complexity index is 563. The van der Waals surface area contributed by atoms with Crippen molar-refractivity contribution in [3.8, 4) is 0 Å². The monoisotopic (exact) mass is 264 g/mol. The van der Waals surface area contributed by atoms with Crippen LogP contribution in [0.4, 0.5) is 4.39 Å². The molecule has 0 radical (unpaired) electrons. The second kappa shape index (κ2) is 5.16. The second-order valence-electron chi connectivity index (χ2n) is 4.41. The van der Waals surface area contributed by atoms with Gasteiger partial charge in [0.25, 0.3) is 0 Å². The first-order valence-corrected chi connectivity index (χ1v) is 6.71. The molecule has 0 amide bonds. The van der Waals surface area contributed by atoms with Crippen LogP contribution in [0.3, 0.4) is 0 Å². The van der Waals surface area contributed by atoms with Gasteiger partial charge in [0.15, 0.2) is 0 Å². The molecule has 4 heteroatoms. The Morgan fingerprint density at radius 3 is 2.50 bits per heavy atom. The molecule has 0 saturated carbocycles. The number of thiazole rings is 1. The van der Waals surface area contributed by atoms with Gasteiger partial charge in [0, 0.05) is 4.88 Å². The Hall–Kier alpha value is -1.26. The highest BCUT2D eigenvalue weighted by Crippen LogP contribution is 2.30. The van der Waals surface area contributed by atoms with Gasteiger partial charge < -0.3 is 5.32 Å². The molecule has 18 heavy (non-hydrogen) atoms. The number of rotatable bonds is 3. The van der Waals surface area contributed by atoms with Crippen LogP contribution in [0.25, 0.3) is 0 Å². The maximum atomic E-state index is 13.7. The van der Waals surface area contributed by atoms with Gasteiger partial charge in [-0.25, -0.2) is 9.37 Å². The Balaban J connectivity index is 2.45. The average Bonchev–Trinajstić information content (AvgIpc) is 2.64. The third-order valence-electron chi connectivity index (χ3n) is 3.02. The molecule has 1 heterocycles. The normalized spacial score (nSPS) is 12.7. The molecule has 2 nitrogen and oxygen atoms in total. The molecule has 0 aliphatic heterocycles. The van der Waals surface area contributed by atoms with E-state index in [0.29, 0.717) is 5.56 Å². The van der Waals surface area contributed by atoms with E-state index in [9.17, 15) is 4.39 Å². The molecule has 1 atom stereocenters. The van der Waals surface area contributed by atoms with Gasteiger partial charge in [0.05, 0.1) is 16.7 Å². The molecule has 0 spiro atoms. The maximum absolute atomic E-state index is 13.7. The first-order valence-electron chi connectivity index (χ1n) is 5.90. The highest BCUT2D eigenvalue weighted by Gasteiger charge is 2.18. The molecule has 1 N–H and O–H groups in total. The molecule has 2 rings (SSSR count). The predicted molar refractivity (Wildman–Crippen MR) is 73.6 cm³/mol. The molecule has 1 aromatic heterocycles. The third-order valence-corrected chi connectivity index (χ3v) is 4.16. The second-order valence-corrected chi connectivity index (χ2v) is 5.65. The third kappa shape index (κ3) is 2.44. The Kier molecular flexibility index (Phi) is 3.78. The van der Waals surface area contributed by atoms with Gasteiger partial charge in [0.1, 0.15) is 5.82 Å². The number of hydrogen-bond acceptors (Lipinski definition) is 3. The minimum absolute atomic E-state index is 0.00583. The summed E-state index contributed by atoms with van der Waals surface area (Å²) in [5, 5.41) is 4.28. The van der Waals surface area contributed by atoms with E-state index in [4.69, 9.17) is 0 Å². The molecular weight excluding hydrogens is 247 g/mol. The summed E-state index contributed by atoms with van der Waals surface area (Å²) in [5.41, 5.74) is 2.62. The van der Waals surface area contributed by atoms with E-state index in [2.05, 4.69) is 10.3 Å². The summed E-state index contributed by atoms with van der Waals surface area (Å²) < 4.78 is 13.7. The van der Waals surface area contributed by atoms with E-state index in [0.717, 1.165) is 21.1 Å². The quantitative estimate of drug-likeness (QED) is 0.917. The Morgan fingerprint density at radius 1 is 1.28 bits per heavy atom. The number of nitrogens with zero attached hydrogens (tertiary/aromatic N) is 1. The Morgan fingerprint density at radius 2 is 2.00 bits per heavy atom. The predicted octanol–water partition coefficient (Wildman–Crippen LogP) is 3.52. The van der Waals surface area contributed by atoms with Crippen molar-refractivity contribution >= 4 is 11.3 Å². The molecule has 96 valence electrons. The fourth-order valence-electron chi connectivity index (χ4n) is 2.05. The SMILES string of the molecule is CNC(c1ccc(C)c(F)c1)c1sc(C)nc1C. The maximum Gasteiger partial charge on any atom is 0.126 e. The van der Waals surface area contributed by atoms with Crippen LogP contribution in [-0.2, 0) is 0 Å². The minimum atomic E-state index is -0.161. The van der Waals surface area contributed by atoms with Crippen LogP contribution in [0.15, 0.2) is 18.2 Å². The van der Waals surface area contributed by atoms with E-state index in [1.165, 1.54) is 0 Å². The minimum Gasteiger partial charge on any atom is -0.309 e. The molecule has 0 bridgehead atoms. The number of benzene rings is 1. The highest BCUT2D eigenvalue weighted by atomic mass is 32.1. The molecule has 0 saturated heterocycles. The number of aromatic nitrogens is 1. The largest absolute Gasteiger partial charge is 0.309 e. The molecule has 0 fully saturated rings. The number of hydrogen-bond donors (Lipinski definition) is 1. The van der Waals surface area contributed by atoms with E-state index >= 15 is 0 Å². The van der Waals surface area contributed by atoms with Gasteiger partial charge >= 0.3 is 0 Å². The zero-order chi connectivity index (χ0) is 13.3. The van der Waals surface area contributed by atoms with E-state index in [-0.39, 0.29) is 11.9 Å². The van der Waals surface area contributed by atoms with Crippen molar-refractivity contribution in [3.63, 3.8) is 0 Å². The van der Waals surface area contributed by atoms with Crippen LogP contribution >= 0.6 is 11.3 Å². The van der Waals surface area contributed by atoms with Gasteiger partial charge in [-0.2, -0.15) is 0 Å². The summed E-state index contributed by atoms with van der Waals surface area (Å²) in [4.78, 5) is 5.58. The van der Waals surface area contributed by atoms with Gasteiger partial charge in [-0.05, 0) is 45.0 Å². The number of nitrogens with one attached hydrogen (secondary N) is 1. The average molecular weight is 264 g/mol. The van der Waals surface area contributed by atoms with Crippen molar-refractivity contribution in [1.29, 1.82) is 0 Å². The van der Waals surface area contributed by atoms with Gasteiger partial charge in [-0.3, -0.25) is 0 Å². The lowest BCUT2D eigenvalue weighted by atomic mass is 10.0. The zero-order valence-electron chi connectivity index (χ0n) is 11.0. The van der Waals surface area contributed by atoms with Gasteiger partial charge in [-0.15, -0.1) is 11.3 Å². The Labute approximate surface area is 111 Å². The summed E-state index contributed by atoms with van der Waals surface area (Å²) in [5.74, 6) is -0.161. The van der Waals surface area contributed by atoms with Crippen molar-refractivity contribution in [2.75, 3.05) is 7.05 Å². The van der Waals surface area contributed by atoms with Crippen molar-refractivity contribution in [2.24, 2.45) is 0 Å². The smallest absolute Gasteiger partial charge is 0.126 e. The van der Waals surface area contributed by atoms with Crippen LogP contribution < -0.4 is 5.32 Å². The van der Waals surface area contributed by atoms with E-state index in [1.54, 1.807) is 24.3 Å². The number of halogens is 1. The topological polar surface area (TPSA) is 24.9 Å². The van der Waals surface area contributed by atoms with Crippen molar-refractivity contribution in [2.45, 2.75) is 26.8 Å². The van der Waals surface area contributed by atoms with Crippen LogP contribution in [0.5, 0.6) is 0 Å². The summed E-state index contributed by atoms with van der Waals surface area (Å²) in [6.07, 6.45) is 0. The van der Waals surface area contributed by atoms with Gasteiger partial charge in [-0.1, -0.05) is 12.1 Å². The zero-order valence-corrected chi connectivity index (χ0v) is 11.9. The molecule has 1 aromatic carbocycles. The highest BCUT2D eigenvalue weighted by molar-refractivity contribution is 7.11. The number of aryl methyl sites for hydroxylation is 3. The lowest BCUT2D eigenvalue weighted by Gasteiger charge is -2.16. The van der Waals surface area contributed by atoms with E-state index < -0.39 is 0 Å². The molecular formula is C14H17FN2S. The lowest BCUT2D eigenvalue weighted by Crippen LogP contribution is -2.17. The molecule has 2 aromatic rings. The van der Waals surface area contributed by atoms with Crippen LogP contribution in [0.2, 0.25) is 0 Å². The van der Waals surface area contributed by atoms with Crippen molar-refractivity contribution in [1.82, 2.24) is 10.3 Å². The lowest BCUT2D eigenvalue weighted by molar-refractivity contribution is 0.609. The standard InChI is InChI=1S/C14H17FN2S/c1-8-5-6-11(7-12(8)15)13(16-4)14-9(2)17-10(3)18-14/h5-7,13,16H,1-4H3. The molecule has 1 unspecified atom stereocenters. The molecule has 0 aliphatic carbocycles. The fraction of sp³-hybridized carbons (Fsp3) is 0.357. The fourth-order valence-corrected chi connectivity index (χ4v) is 3.12. The van der Waals surface area contributed by atoms with Crippen LogP contribution in [0, 0.1) is 26.6 Å². The van der Waals surface area contributed by atoms with E-state index in [1.807, 2.05) is 33.0 Å². The van der Waals surface area contributed by atoms with Gasteiger partial charge in [0.2, 0.25) is 0 Å². The summed E-state index contributed by atoms with van der Waals surface area (Å²) in [6.45, 7) is 5.76. The molecule has 0 aliphatic rings. The summed E-state index contributed by atoms with van der Waals surface area (Å²) >= 11 is 1.66. The van der Waals surface area contributed by atoms with Crippen molar-refractivity contribution < 1.29 is 4.39 Å². The first-order chi connectivity index (χ1) is 8.52. The summed E-state index contributed by atoms with van der Waals surface area (Å²) in [6, 6.07) is 5.39. The first kappa shape index (κ1) is 13.2.